The number of unbranched alkanes of at least 4 members (excludes halogenated alkanes) is 1. The van der Waals surface area contributed by atoms with Crippen LogP contribution in [-0.2, 0) is 9.59 Å². The molecule has 1 aromatic heterocycles. The van der Waals surface area contributed by atoms with Gasteiger partial charge in [0.05, 0.1) is 5.56 Å². The Labute approximate surface area is 166 Å². The van der Waals surface area contributed by atoms with Crippen LogP contribution < -0.4 is 4.90 Å². The Morgan fingerprint density at radius 3 is 2.36 bits per heavy atom. The van der Waals surface area contributed by atoms with Gasteiger partial charge in [-0.25, -0.2) is 4.98 Å². The van der Waals surface area contributed by atoms with E-state index in [1.165, 1.54) is 4.90 Å². The Bertz CT molecular complexity index is 742. The van der Waals surface area contributed by atoms with Gasteiger partial charge >= 0.3 is 0 Å². The summed E-state index contributed by atoms with van der Waals surface area (Å²) in [5.74, 6) is 0.715. The molecule has 2 aliphatic heterocycles. The molecule has 7 heteroatoms. The van der Waals surface area contributed by atoms with Crippen molar-refractivity contribution in [1.29, 1.82) is 5.26 Å². The van der Waals surface area contributed by atoms with Gasteiger partial charge in [0, 0.05) is 51.8 Å². The second kappa shape index (κ2) is 8.70. The number of likely N-dealkylation sites (tertiary alicyclic amines) is 1. The highest BCUT2D eigenvalue weighted by molar-refractivity contribution is 5.98. The number of carbonyl (C=O) groups is 2. The number of piperidine rings is 1. The number of anilines is 1. The Balaban J connectivity index is 1.39. The lowest BCUT2D eigenvalue weighted by molar-refractivity contribution is -0.152. The summed E-state index contributed by atoms with van der Waals surface area (Å²) in [6.45, 7) is 9.01. The molecule has 0 N–H and O–H groups in total. The molecular weight excluding hydrogens is 354 g/mol. The fourth-order valence-corrected chi connectivity index (χ4v) is 3.99. The number of imide groups is 1. The Morgan fingerprint density at radius 1 is 1.07 bits per heavy atom. The van der Waals surface area contributed by atoms with Crippen molar-refractivity contribution < 1.29 is 9.59 Å². The van der Waals surface area contributed by atoms with Gasteiger partial charge in [-0.15, -0.1) is 0 Å². The van der Waals surface area contributed by atoms with Crippen LogP contribution in [0.2, 0.25) is 0 Å². The van der Waals surface area contributed by atoms with Crippen molar-refractivity contribution in [1.82, 2.24) is 14.8 Å². The molecule has 7 nitrogen and oxygen atoms in total. The van der Waals surface area contributed by atoms with Gasteiger partial charge in [-0.1, -0.05) is 13.8 Å². The minimum atomic E-state index is -0.205. The lowest BCUT2D eigenvalue weighted by atomic mass is 9.82. The van der Waals surface area contributed by atoms with Crippen LogP contribution in [0.15, 0.2) is 18.3 Å². The molecule has 150 valence electrons. The molecule has 2 fully saturated rings. The van der Waals surface area contributed by atoms with Crippen molar-refractivity contribution in [3.05, 3.63) is 23.9 Å². The highest BCUT2D eigenvalue weighted by Crippen LogP contribution is 2.31. The topological polar surface area (TPSA) is 80.5 Å². The van der Waals surface area contributed by atoms with Crippen LogP contribution in [0.1, 0.15) is 45.1 Å². The molecule has 0 aliphatic carbocycles. The zero-order valence-electron chi connectivity index (χ0n) is 16.9. The third-order valence-corrected chi connectivity index (χ3v) is 5.55. The standard InChI is InChI=1S/C21H29N5O2/c1-21(2)14-18(27)26(19(28)15-21)9-4-3-8-24-10-12-25(13-11-24)20-17(16-22)6-5-7-23-20/h5-7H,3-4,8-15H2,1-2H3. The Kier molecular flexibility index (Phi) is 6.30. The molecule has 28 heavy (non-hydrogen) atoms. The lowest BCUT2D eigenvalue weighted by Gasteiger charge is -2.36. The number of rotatable bonds is 6. The van der Waals surface area contributed by atoms with Crippen LogP contribution >= 0.6 is 0 Å². The summed E-state index contributed by atoms with van der Waals surface area (Å²) in [6, 6.07) is 5.81. The minimum absolute atomic E-state index is 0.0291. The highest BCUT2D eigenvalue weighted by Gasteiger charge is 2.36. The van der Waals surface area contributed by atoms with E-state index in [0.29, 0.717) is 24.9 Å². The molecule has 0 spiro atoms. The molecule has 2 aliphatic rings. The first kappa shape index (κ1) is 20.3. The van der Waals surface area contributed by atoms with E-state index >= 15 is 0 Å². The first-order chi connectivity index (χ1) is 13.4. The first-order valence-electron chi connectivity index (χ1n) is 10.1. The van der Waals surface area contributed by atoms with E-state index in [1.807, 2.05) is 13.8 Å². The summed E-state index contributed by atoms with van der Waals surface area (Å²) in [5.41, 5.74) is 0.415. The van der Waals surface area contributed by atoms with Gasteiger partial charge in [-0.2, -0.15) is 5.26 Å². The first-order valence-corrected chi connectivity index (χ1v) is 10.1. The molecule has 1 aromatic rings. The van der Waals surface area contributed by atoms with Crippen molar-refractivity contribution in [3.8, 4) is 6.07 Å². The molecule has 0 atom stereocenters. The fourth-order valence-electron chi connectivity index (χ4n) is 3.99. The van der Waals surface area contributed by atoms with Crippen LogP contribution in [0.3, 0.4) is 0 Å². The largest absolute Gasteiger partial charge is 0.353 e. The molecule has 0 saturated carbocycles. The normalized spacial score (nSPS) is 20.3. The van der Waals surface area contributed by atoms with E-state index in [9.17, 15) is 14.9 Å². The third kappa shape index (κ3) is 4.87. The van der Waals surface area contributed by atoms with Crippen LogP contribution in [0, 0.1) is 16.7 Å². The quantitative estimate of drug-likeness (QED) is 0.552. The molecule has 2 saturated heterocycles. The van der Waals surface area contributed by atoms with Crippen molar-refractivity contribution in [2.45, 2.75) is 39.5 Å². The third-order valence-electron chi connectivity index (χ3n) is 5.55. The Hall–Kier alpha value is -2.46. The summed E-state index contributed by atoms with van der Waals surface area (Å²) in [4.78, 5) is 34.8. The van der Waals surface area contributed by atoms with Gasteiger partial charge in [0.2, 0.25) is 11.8 Å². The molecule has 0 bridgehead atoms. The summed E-state index contributed by atoms with van der Waals surface area (Å²) < 4.78 is 0. The predicted molar refractivity (Wildman–Crippen MR) is 107 cm³/mol. The van der Waals surface area contributed by atoms with Gasteiger partial charge in [0.25, 0.3) is 0 Å². The molecule has 0 radical (unpaired) electrons. The molecule has 0 aromatic carbocycles. The van der Waals surface area contributed by atoms with Crippen LogP contribution in [0.4, 0.5) is 5.82 Å². The number of pyridine rings is 1. The van der Waals surface area contributed by atoms with E-state index in [2.05, 4.69) is 20.9 Å². The lowest BCUT2D eigenvalue weighted by Crippen LogP contribution is -2.48. The molecule has 3 heterocycles. The second-order valence-corrected chi connectivity index (χ2v) is 8.48. The van der Waals surface area contributed by atoms with Gasteiger partial charge in [-0.3, -0.25) is 19.4 Å². The summed E-state index contributed by atoms with van der Waals surface area (Å²) >= 11 is 0. The van der Waals surface area contributed by atoms with Gasteiger partial charge in [0.1, 0.15) is 11.9 Å². The number of nitriles is 1. The number of aromatic nitrogens is 1. The molecule has 0 unspecified atom stereocenters. The van der Waals surface area contributed by atoms with Crippen LogP contribution in [-0.4, -0.2) is 65.9 Å². The van der Waals surface area contributed by atoms with Crippen molar-refractivity contribution in [2.75, 3.05) is 44.2 Å². The number of hydrogen-bond donors (Lipinski definition) is 0. The summed E-state index contributed by atoms with van der Waals surface area (Å²) in [5, 5.41) is 9.24. The molecule has 3 rings (SSSR count). The van der Waals surface area contributed by atoms with Crippen LogP contribution in [0.25, 0.3) is 0 Å². The second-order valence-electron chi connectivity index (χ2n) is 8.48. The van der Waals surface area contributed by atoms with Crippen molar-refractivity contribution >= 4 is 17.6 Å². The van der Waals surface area contributed by atoms with E-state index in [0.717, 1.165) is 51.4 Å². The number of hydrogen-bond acceptors (Lipinski definition) is 6. The maximum atomic E-state index is 12.2. The number of carbonyl (C=O) groups excluding carboxylic acids is 2. The monoisotopic (exact) mass is 383 g/mol. The smallest absolute Gasteiger partial charge is 0.229 e. The van der Waals surface area contributed by atoms with Gasteiger partial charge in [0.15, 0.2) is 0 Å². The van der Waals surface area contributed by atoms with E-state index < -0.39 is 0 Å². The van der Waals surface area contributed by atoms with E-state index in [4.69, 9.17) is 0 Å². The van der Waals surface area contributed by atoms with Crippen LogP contribution in [0.5, 0.6) is 0 Å². The van der Waals surface area contributed by atoms with Gasteiger partial charge < -0.3 is 4.90 Å². The van der Waals surface area contributed by atoms with Crippen molar-refractivity contribution in [2.24, 2.45) is 5.41 Å². The zero-order valence-corrected chi connectivity index (χ0v) is 16.9. The highest BCUT2D eigenvalue weighted by atomic mass is 16.2. The number of piperazine rings is 1. The zero-order chi connectivity index (χ0) is 20.1. The van der Waals surface area contributed by atoms with Gasteiger partial charge in [-0.05, 0) is 36.9 Å². The fraction of sp³-hybridized carbons (Fsp3) is 0.619. The predicted octanol–water partition coefficient (Wildman–Crippen LogP) is 2.03. The number of amides is 2. The maximum Gasteiger partial charge on any atom is 0.229 e. The summed E-state index contributed by atoms with van der Waals surface area (Å²) in [7, 11) is 0. The Morgan fingerprint density at radius 2 is 1.71 bits per heavy atom. The average Bonchev–Trinajstić information content (AvgIpc) is 2.66. The van der Waals surface area contributed by atoms with E-state index in [-0.39, 0.29) is 17.2 Å². The number of nitrogens with zero attached hydrogens (tertiary/aromatic N) is 5. The van der Waals surface area contributed by atoms with Crippen molar-refractivity contribution in [3.63, 3.8) is 0 Å². The molecular formula is C21H29N5O2. The SMILES string of the molecule is CC1(C)CC(=O)N(CCCCN2CCN(c3ncccc3C#N)CC2)C(=O)C1. The van der Waals surface area contributed by atoms with E-state index in [1.54, 1.807) is 18.3 Å². The molecule has 2 amide bonds. The maximum absolute atomic E-state index is 12.2. The average molecular weight is 383 g/mol. The summed E-state index contributed by atoms with van der Waals surface area (Å²) in [6.07, 6.45) is 4.45. The minimum Gasteiger partial charge on any atom is -0.353 e.